The van der Waals surface area contributed by atoms with Crippen molar-refractivity contribution in [1.29, 1.82) is 0 Å². The molecule has 96 valence electrons. The summed E-state index contributed by atoms with van der Waals surface area (Å²) < 4.78 is 0. The molecule has 0 unspecified atom stereocenters. The van der Waals surface area contributed by atoms with Crippen LogP contribution in [0.4, 0.5) is 0 Å². The Morgan fingerprint density at radius 1 is 1.18 bits per heavy atom. The molecule has 0 aliphatic heterocycles. The molecule has 0 aliphatic rings. The third-order valence-corrected chi connectivity index (χ3v) is 3.16. The molecule has 1 rings (SSSR count). The van der Waals surface area contributed by atoms with E-state index in [9.17, 15) is 5.11 Å². The Labute approximate surface area is 105 Å². The number of rotatable bonds is 4. The maximum atomic E-state index is 9.88. The van der Waals surface area contributed by atoms with Gasteiger partial charge in [0.1, 0.15) is 0 Å². The van der Waals surface area contributed by atoms with Crippen molar-refractivity contribution in [2.45, 2.75) is 58.1 Å². The molecule has 17 heavy (non-hydrogen) atoms. The predicted octanol–water partition coefficient (Wildman–Crippen LogP) is 3.14. The Bertz CT molecular complexity index is 337. The standard InChI is InChI=1S/C15H25NO/c1-5-6-13(17)14(16)11-7-9-12(10-8-11)15(2,3)4/h7-10,13-14,17H,5-6,16H2,1-4H3/t13-,14+/m0/s1. The number of hydrogen-bond acceptors (Lipinski definition) is 2. The zero-order valence-electron chi connectivity index (χ0n) is 11.4. The topological polar surface area (TPSA) is 46.2 Å². The van der Waals surface area contributed by atoms with Gasteiger partial charge in [0.15, 0.2) is 0 Å². The lowest BCUT2D eigenvalue weighted by Crippen LogP contribution is -2.26. The van der Waals surface area contributed by atoms with Crippen LogP contribution < -0.4 is 5.73 Å². The number of aliphatic hydroxyl groups is 1. The molecule has 0 heterocycles. The van der Waals surface area contributed by atoms with Crippen LogP contribution in [0, 0.1) is 0 Å². The summed E-state index contributed by atoms with van der Waals surface area (Å²) in [5.74, 6) is 0. The van der Waals surface area contributed by atoms with Gasteiger partial charge in [0.25, 0.3) is 0 Å². The molecule has 0 aromatic heterocycles. The number of nitrogens with two attached hydrogens (primary N) is 1. The van der Waals surface area contributed by atoms with Crippen LogP contribution in [-0.4, -0.2) is 11.2 Å². The summed E-state index contributed by atoms with van der Waals surface area (Å²) in [5, 5.41) is 9.88. The van der Waals surface area contributed by atoms with E-state index in [-0.39, 0.29) is 11.5 Å². The fraction of sp³-hybridized carbons (Fsp3) is 0.600. The Hall–Kier alpha value is -0.860. The van der Waals surface area contributed by atoms with Crippen LogP contribution in [0.25, 0.3) is 0 Å². The molecule has 0 amide bonds. The van der Waals surface area contributed by atoms with Crippen LogP contribution in [0.1, 0.15) is 57.7 Å². The molecule has 0 saturated carbocycles. The van der Waals surface area contributed by atoms with Gasteiger partial charge in [-0.15, -0.1) is 0 Å². The highest BCUT2D eigenvalue weighted by molar-refractivity contribution is 5.29. The van der Waals surface area contributed by atoms with Crippen molar-refractivity contribution in [3.8, 4) is 0 Å². The van der Waals surface area contributed by atoms with Crippen LogP contribution >= 0.6 is 0 Å². The normalized spacial score (nSPS) is 15.6. The highest BCUT2D eigenvalue weighted by atomic mass is 16.3. The maximum absolute atomic E-state index is 9.88. The summed E-state index contributed by atoms with van der Waals surface area (Å²) in [4.78, 5) is 0. The van der Waals surface area contributed by atoms with Gasteiger partial charge in [0.2, 0.25) is 0 Å². The monoisotopic (exact) mass is 235 g/mol. The van der Waals surface area contributed by atoms with Crippen molar-refractivity contribution < 1.29 is 5.11 Å². The first-order valence-electron chi connectivity index (χ1n) is 6.40. The smallest absolute Gasteiger partial charge is 0.0732 e. The van der Waals surface area contributed by atoms with E-state index in [0.717, 1.165) is 18.4 Å². The van der Waals surface area contributed by atoms with Gasteiger partial charge in [0, 0.05) is 0 Å². The van der Waals surface area contributed by atoms with Gasteiger partial charge in [-0.3, -0.25) is 0 Å². The Morgan fingerprint density at radius 2 is 1.71 bits per heavy atom. The summed E-state index contributed by atoms with van der Waals surface area (Å²) in [6.45, 7) is 8.62. The molecule has 2 nitrogen and oxygen atoms in total. The van der Waals surface area contributed by atoms with Crippen molar-refractivity contribution in [3.63, 3.8) is 0 Å². The van der Waals surface area contributed by atoms with Gasteiger partial charge >= 0.3 is 0 Å². The van der Waals surface area contributed by atoms with E-state index in [1.54, 1.807) is 0 Å². The first-order valence-corrected chi connectivity index (χ1v) is 6.40. The molecule has 0 bridgehead atoms. The van der Waals surface area contributed by atoms with Gasteiger partial charge in [0.05, 0.1) is 12.1 Å². The van der Waals surface area contributed by atoms with Crippen molar-refractivity contribution in [2.24, 2.45) is 5.73 Å². The summed E-state index contributed by atoms with van der Waals surface area (Å²) in [5.41, 5.74) is 8.49. The fourth-order valence-corrected chi connectivity index (χ4v) is 1.90. The molecular formula is C15H25NO. The van der Waals surface area contributed by atoms with Gasteiger partial charge in [-0.2, -0.15) is 0 Å². The molecule has 3 N–H and O–H groups in total. The number of benzene rings is 1. The number of hydrogen-bond donors (Lipinski definition) is 2. The first kappa shape index (κ1) is 14.2. The van der Waals surface area contributed by atoms with Gasteiger partial charge < -0.3 is 10.8 Å². The summed E-state index contributed by atoms with van der Waals surface area (Å²) in [6, 6.07) is 8.00. The molecule has 0 aliphatic carbocycles. The van der Waals surface area contributed by atoms with Crippen molar-refractivity contribution >= 4 is 0 Å². The second-order valence-electron chi connectivity index (χ2n) is 5.75. The van der Waals surface area contributed by atoms with E-state index in [4.69, 9.17) is 5.73 Å². The van der Waals surface area contributed by atoms with Crippen LogP contribution in [0.5, 0.6) is 0 Å². The summed E-state index contributed by atoms with van der Waals surface area (Å²) in [7, 11) is 0. The van der Waals surface area contributed by atoms with E-state index in [1.807, 2.05) is 12.1 Å². The van der Waals surface area contributed by atoms with E-state index in [2.05, 4.69) is 39.8 Å². The molecular weight excluding hydrogens is 210 g/mol. The lowest BCUT2D eigenvalue weighted by atomic mass is 9.86. The minimum Gasteiger partial charge on any atom is -0.391 e. The van der Waals surface area contributed by atoms with Crippen LogP contribution in [-0.2, 0) is 5.41 Å². The van der Waals surface area contributed by atoms with Crippen molar-refractivity contribution in [3.05, 3.63) is 35.4 Å². The Kier molecular flexibility index (Phi) is 4.72. The minimum absolute atomic E-state index is 0.157. The Balaban J connectivity index is 2.80. The summed E-state index contributed by atoms with van der Waals surface area (Å²) >= 11 is 0. The Morgan fingerprint density at radius 3 is 2.12 bits per heavy atom. The highest BCUT2D eigenvalue weighted by Gasteiger charge is 2.17. The van der Waals surface area contributed by atoms with Gasteiger partial charge in [-0.05, 0) is 23.0 Å². The third-order valence-electron chi connectivity index (χ3n) is 3.16. The minimum atomic E-state index is -0.444. The average molecular weight is 235 g/mol. The zero-order chi connectivity index (χ0) is 13.1. The van der Waals surface area contributed by atoms with Crippen LogP contribution in [0.2, 0.25) is 0 Å². The lowest BCUT2D eigenvalue weighted by molar-refractivity contribution is 0.134. The molecule has 2 atom stereocenters. The molecule has 1 aromatic carbocycles. The fourth-order valence-electron chi connectivity index (χ4n) is 1.90. The van der Waals surface area contributed by atoms with Gasteiger partial charge in [-0.1, -0.05) is 58.4 Å². The SMILES string of the molecule is CCC[C@H](O)[C@H](N)c1ccc(C(C)(C)C)cc1. The van der Waals surface area contributed by atoms with E-state index in [1.165, 1.54) is 5.56 Å². The molecule has 0 radical (unpaired) electrons. The van der Waals surface area contributed by atoms with E-state index >= 15 is 0 Å². The quantitative estimate of drug-likeness (QED) is 0.842. The zero-order valence-corrected chi connectivity index (χ0v) is 11.4. The molecule has 2 heteroatoms. The molecule has 0 spiro atoms. The molecule has 0 saturated heterocycles. The second kappa shape index (κ2) is 5.65. The van der Waals surface area contributed by atoms with Gasteiger partial charge in [-0.25, -0.2) is 0 Å². The van der Waals surface area contributed by atoms with Crippen molar-refractivity contribution in [1.82, 2.24) is 0 Å². The largest absolute Gasteiger partial charge is 0.391 e. The van der Waals surface area contributed by atoms with Crippen LogP contribution in [0.3, 0.4) is 0 Å². The first-order chi connectivity index (χ1) is 7.86. The average Bonchev–Trinajstić information content (AvgIpc) is 2.27. The predicted molar refractivity (Wildman–Crippen MR) is 73.0 cm³/mol. The number of aliphatic hydroxyl groups excluding tert-OH is 1. The summed E-state index contributed by atoms with van der Waals surface area (Å²) in [6.07, 6.45) is 1.26. The molecule has 1 aromatic rings. The maximum Gasteiger partial charge on any atom is 0.0732 e. The van der Waals surface area contributed by atoms with E-state index < -0.39 is 6.10 Å². The lowest BCUT2D eigenvalue weighted by Gasteiger charge is -2.22. The second-order valence-corrected chi connectivity index (χ2v) is 5.75. The van der Waals surface area contributed by atoms with E-state index in [0.29, 0.717) is 0 Å². The molecule has 0 fully saturated rings. The van der Waals surface area contributed by atoms with Crippen molar-refractivity contribution in [2.75, 3.05) is 0 Å². The third kappa shape index (κ3) is 3.83. The van der Waals surface area contributed by atoms with Crippen LogP contribution in [0.15, 0.2) is 24.3 Å². The highest BCUT2D eigenvalue weighted by Crippen LogP contribution is 2.24.